The molecular weight excluding hydrogens is 717 g/mol. The highest BCUT2D eigenvalue weighted by molar-refractivity contribution is 6.12. The molecule has 2 aromatic heterocycles. The van der Waals surface area contributed by atoms with Crippen molar-refractivity contribution in [2.45, 2.75) is 51.4 Å². The lowest BCUT2D eigenvalue weighted by molar-refractivity contribution is 0.332. The van der Waals surface area contributed by atoms with Gasteiger partial charge in [0.15, 0.2) is 17.5 Å². The first kappa shape index (κ1) is 35.3. The summed E-state index contributed by atoms with van der Waals surface area (Å²) in [6, 6.07) is 61.0. The molecule has 0 atom stereocenters. The lowest BCUT2D eigenvalue weighted by Gasteiger charge is -2.42. The van der Waals surface area contributed by atoms with E-state index in [2.05, 4.69) is 196 Å². The smallest absolute Gasteiger partial charge is 0.164 e. The molecule has 2 heterocycles. The molecule has 4 heteroatoms. The first-order chi connectivity index (χ1) is 28.7. The Bertz CT molecular complexity index is 3280. The van der Waals surface area contributed by atoms with Gasteiger partial charge in [-0.2, -0.15) is 0 Å². The van der Waals surface area contributed by atoms with E-state index in [0.29, 0.717) is 17.5 Å². The van der Waals surface area contributed by atoms with Gasteiger partial charge in [-0.1, -0.05) is 155 Å². The molecule has 1 aliphatic rings. The van der Waals surface area contributed by atoms with Crippen molar-refractivity contribution >= 4 is 43.4 Å². The molecule has 0 bridgehead atoms. The Morgan fingerprint density at radius 2 is 0.983 bits per heavy atom. The minimum Gasteiger partial charge on any atom is -0.309 e. The summed E-state index contributed by atoms with van der Waals surface area (Å²) in [7, 11) is 0. The maximum atomic E-state index is 5.29. The molecule has 0 aliphatic heterocycles. The van der Waals surface area contributed by atoms with E-state index in [1.54, 1.807) is 0 Å². The van der Waals surface area contributed by atoms with Gasteiger partial charge < -0.3 is 4.57 Å². The van der Waals surface area contributed by atoms with Crippen LogP contribution in [0.25, 0.3) is 94.3 Å². The van der Waals surface area contributed by atoms with Crippen molar-refractivity contribution in [3.05, 3.63) is 181 Å². The molecule has 10 aromatic rings. The summed E-state index contributed by atoms with van der Waals surface area (Å²) in [5.41, 5.74) is 11.9. The summed E-state index contributed by atoms with van der Waals surface area (Å²) in [6.45, 7) is 9.65. The largest absolute Gasteiger partial charge is 0.309 e. The molecule has 11 rings (SSSR count). The van der Waals surface area contributed by atoms with Crippen LogP contribution in [0.2, 0.25) is 0 Å². The van der Waals surface area contributed by atoms with Crippen molar-refractivity contribution in [1.29, 1.82) is 0 Å². The van der Waals surface area contributed by atoms with E-state index in [4.69, 9.17) is 15.0 Å². The van der Waals surface area contributed by atoms with Gasteiger partial charge in [0.2, 0.25) is 0 Å². The van der Waals surface area contributed by atoms with Gasteiger partial charge in [-0.3, -0.25) is 0 Å². The maximum Gasteiger partial charge on any atom is 0.164 e. The quantitative estimate of drug-likeness (QED) is 0.175. The third kappa shape index (κ3) is 5.85. The molecule has 4 nitrogen and oxygen atoms in total. The Hall–Kier alpha value is -6.91. The first-order valence-electron chi connectivity index (χ1n) is 20.7. The molecule has 0 spiro atoms. The monoisotopic (exact) mass is 760 g/mol. The molecular formula is C55H44N4. The molecule has 0 amide bonds. The Morgan fingerprint density at radius 1 is 0.390 bits per heavy atom. The molecule has 0 fully saturated rings. The lowest BCUT2D eigenvalue weighted by Crippen LogP contribution is -2.33. The van der Waals surface area contributed by atoms with Crippen LogP contribution < -0.4 is 0 Å². The van der Waals surface area contributed by atoms with Crippen LogP contribution in [0.3, 0.4) is 0 Å². The van der Waals surface area contributed by atoms with E-state index in [1.165, 1.54) is 51.2 Å². The number of rotatable bonds is 5. The van der Waals surface area contributed by atoms with Crippen LogP contribution >= 0.6 is 0 Å². The topological polar surface area (TPSA) is 43.6 Å². The Labute approximate surface area is 344 Å². The van der Waals surface area contributed by atoms with Gasteiger partial charge >= 0.3 is 0 Å². The van der Waals surface area contributed by atoms with Crippen molar-refractivity contribution in [2.24, 2.45) is 0 Å². The number of hydrogen-bond donors (Lipinski definition) is 0. The zero-order valence-electron chi connectivity index (χ0n) is 33.9. The number of hydrogen-bond acceptors (Lipinski definition) is 3. The number of para-hydroxylation sites is 1. The average Bonchev–Trinajstić information content (AvgIpc) is 3.60. The normalized spacial score (nSPS) is 14.6. The van der Waals surface area contributed by atoms with Crippen LogP contribution in [0.15, 0.2) is 170 Å². The van der Waals surface area contributed by atoms with Crippen molar-refractivity contribution < 1.29 is 0 Å². The number of aromatic nitrogens is 4. The zero-order valence-corrected chi connectivity index (χ0v) is 33.9. The van der Waals surface area contributed by atoms with E-state index in [1.807, 2.05) is 6.07 Å². The van der Waals surface area contributed by atoms with E-state index in [0.717, 1.165) is 49.7 Å². The minimum atomic E-state index is 0.0893. The predicted molar refractivity (Wildman–Crippen MR) is 246 cm³/mol. The Kier molecular flexibility index (Phi) is 7.96. The molecule has 284 valence electrons. The van der Waals surface area contributed by atoms with E-state index in [9.17, 15) is 0 Å². The third-order valence-electron chi connectivity index (χ3n) is 12.9. The first-order valence-corrected chi connectivity index (χ1v) is 20.7. The Balaban J connectivity index is 1.14. The summed E-state index contributed by atoms with van der Waals surface area (Å²) in [4.78, 5) is 15.7. The zero-order chi connectivity index (χ0) is 39.9. The fourth-order valence-corrected chi connectivity index (χ4v) is 9.51. The maximum absolute atomic E-state index is 5.29. The molecule has 0 N–H and O–H groups in total. The van der Waals surface area contributed by atoms with Gasteiger partial charge in [0.1, 0.15) is 0 Å². The SMILES string of the molecule is CC1(C)CCC(C)(C)c2cc3c(cc21)c1ccccc1n3-c1ccc(-c2nc(-c3cccc(-c4ccccc4)c3)nc(-c3ccc4ccccc4c3)n2)c2ccccc12. The molecule has 0 unspecified atom stereocenters. The van der Waals surface area contributed by atoms with Gasteiger partial charge in [0, 0.05) is 32.8 Å². The summed E-state index contributed by atoms with van der Waals surface area (Å²) < 4.78 is 2.49. The summed E-state index contributed by atoms with van der Waals surface area (Å²) in [5.74, 6) is 1.93. The average molecular weight is 761 g/mol. The van der Waals surface area contributed by atoms with Crippen LogP contribution in [-0.2, 0) is 10.8 Å². The van der Waals surface area contributed by atoms with Crippen LogP contribution in [0, 0.1) is 0 Å². The van der Waals surface area contributed by atoms with Crippen LogP contribution in [-0.4, -0.2) is 19.5 Å². The van der Waals surface area contributed by atoms with E-state index >= 15 is 0 Å². The van der Waals surface area contributed by atoms with E-state index < -0.39 is 0 Å². The summed E-state index contributed by atoms with van der Waals surface area (Å²) >= 11 is 0. The summed E-state index contributed by atoms with van der Waals surface area (Å²) in [5, 5.41) is 7.14. The highest BCUT2D eigenvalue weighted by Crippen LogP contribution is 2.49. The second kappa shape index (κ2) is 13.3. The summed E-state index contributed by atoms with van der Waals surface area (Å²) in [6.07, 6.45) is 2.35. The standard InChI is InChI=1S/C55H44N4/c1-54(2)29-30-55(3,4)47-34-50-45(33-46(47)54)43-23-12-13-24-48(43)59(50)49-28-27-44(41-21-10-11-22-42(41)49)53-57-51(39-20-14-19-38(31-39)35-15-6-5-7-16-35)56-52(58-53)40-26-25-36-17-8-9-18-37(36)32-40/h5-28,31-34H,29-30H2,1-4H3. The number of nitrogens with zero attached hydrogens (tertiary/aromatic N) is 4. The van der Waals surface area contributed by atoms with Gasteiger partial charge in [-0.25, -0.2) is 15.0 Å². The highest BCUT2D eigenvalue weighted by Gasteiger charge is 2.38. The number of fused-ring (bicyclic) bond motifs is 6. The molecule has 1 aliphatic carbocycles. The molecule has 0 radical (unpaired) electrons. The van der Waals surface area contributed by atoms with E-state index in [-0.39, 0.29) is 10.8 Å². The predicted octanol–water partition coefficient (Wildman–Crippen LogP) is 14.3. The van der Waals surface area contributed by atoms with Crippen LogP contribution in [0.4, 0.5) is 0 Å². The van der Waals surface area contributed by atoms with Gasteiger partial charge in [0.05, 0.1) is 16.7 Å². The van der Waals surface area contributed by atoms with Gasteiger partial charge in [-0.15, -0.1) is 0 Å². The number of benzene rings is 8. The fraction of sp³-hybridized carbons (Fsp3) is 0.145. The van der Waals surface area contributed by atoms with Crippen molar-refractivity contribution in [2.75, 3.05) is 0 Å². The third-order valence-corrected chi connectivity index (χ3v) is 12.9. The molecule has 59 heavy (non-hydrogen) atoms. The molecule has 0 saturated heterocycles. The highest BCUT2D eigenvalue weighted by atomic mass is 15.0. The van der Waals surface area contributed by atoms with Gasteiger partial charge in [-0.05, 0) is 105 Å². The van der Waals surface area contributed by atoms with Crippen LogP contribution in [0.1, 0.15) is 51.7 Å². The van der Waals surface area contributed by atoms with Gasteiger partial charge in [0.25, 0.3) is 0 Å². The lowest BCUT2D eigenvalue weighted by atomic mass is 9.63. The Morgan fingerprint density at radius 3 is 1.76 bits per heavy atom. The van der Waals surface area contributed by atoms with Crippen LogP contribution in [0.5, 0.6) is 0 Å². The van der Waals surface area contributed by atoms with Crippen molar-refractivity contribution in [3.63, 3.8) is 0 Å². The second-order valence-corrected chi connectivity index (χ2v) is 17.5. The second-order valence-electron chi connectivity index (χ2n) is 17.5. The fourth-order valence-electron chi connectivity index (χ4n) is 9.51. The minimum absolute atomic E-state index is 0.0893. The van der Waals surface area contributed by atoms with Crippen molar-refractivity contribution in [1.82, 2.24) is 19.5 Å². The molecule has 0 saturated carbocycles. The molecule has 8 aromatic carbocycles. The van der Waals surface area contributed by atoms with Crippen molar-refractivity contribution in [3.8, 4) is 51.0 Å².